The third kappa shape index (κ3) is 3.50. The van der Waals surface area contributed by atoms with E-state index in [0.29, 0.717) is 17.2 Å². The van der Waals surface area contributed by atoms with Crippen LogP contribution in [0.25, 0.3) is 0 Å². The highest BCUT2D eigenvalue weighted by molar-refractivity contribution is 9.13. The highest BCUT2D eigenvalue weighted by Crippen LogP contribution is 2.47. The van der Waals surface area contributed by atoms with Gasteiger partial charge in [0.2, 0.25) is 0 Å². The molecule has 7 heteroatoms. The van der Waals surface area contributed by atoms with Gasteiger partial charge in [-0.25, -0.2) is 0 Å². The summed E-state index contributed by atoms with van der Waals surface area (Å²) < 4.78 is 18.1. The van der Waals surface area contributed by atoms with E-state index in [9.17, 15) is 0 Å². The maximum atomic E-state index is 6.65. The van der Waals surface area contributed by atoms with Gasteiger partial charge in [-0.15, -0.1) is 22.9 Å². The van der Waals surface area contributed by atoms with Crippen LogP contribution in [0.5, 0.6) is 17.2 Å². The zero-order valence-corrected chi connectivity index (χ0v) is 16.3. The first-order valence-corrected chi connectivity index (χ1v) is 8.74. The van der Waals surface area contributed by atoms with E-state index in [4.69, 9.17) is 25.8 Å². The van der Waals surface area contributed by atoms with Crippen molar-refractivity contribution in [2.45, 2.75) is 5.38 Å². The van der Waals surface area contributed by atoms with Crippen molar-refractivity contribution in [1.29, 1.82) is 0 Å². The van der Waals surface area contributed by atoms with Crippen LogP contribution in [0.4, 0.5) is 0 Å². The van der Waals surface area contributed by atoms with Gasteiger partial charge < -0.3 is 14.2 Å². The van der Waals surface area contributed by atoms with E-state index < -0.39 is 0 Å². The third-order valence-electron chi connectivity index (χ3n) is 2.92. The Bertz CT molecular complexity index is 601. The SMILES string of the molecule is COc1cc(OC)c(C(Cl)c2cc(Br)c(Br)s2)c(OC)c1. The van der Waals surface area contributed by atoms with E-state index >= 15 is 0 Å². The van der Waals surface area contributed by atoms with Crippen LogP contribution in [0.15, 0.2) is 26.5 Å². The zero-order valence-electron chi connectivity index (χ0n) is 11.6. The molecule has 1 aromatic carbocycles. The molecule has 0 radical (unpaired) electrons. The average molecular weight is 457 g/mol. The number of benzene rings is 1. The smallest absolute Gasteiger partial charge is 0.131 e. The van der Waals surface area contributed by atoms with Gasteiger partial charge in [0, 0.05) is 21.5 Å². The quantitative estimate of drug-likeness (QED) is 0.546. The summed E-state index contributed by atoms with van der Waals surface area (Å²) in [6, 6.07) is 5.57. The van der Waals surface area contributed by atoms with E-state index in [0.717, 1.165) is 18.7 Å². The van der Waals surface area contributed by atoms with Gasteiger partial charge in [-0.3, -0.25) is 0 Å². The minimum absolute atomic E-state index is 0.381. The van der Waals surface area contributed by atoms with Crippen LogP contribution in [-0.2, 0) is 0 Å². The molecule has 1 atom stereocenters. The Labute approximate surface area is 149 Å². The maximum Gasteiger partial charge on any atom is 0.131 e. The second-order valence-corrected chi connectivity index (χ2v) is 7.77. The Morgan fingerprint density at radius 1 is 1.00 bits per heavy atom. The third-order valence-corrected chi connectivity index (χ3v) is 6.82. The summed E-state index contributed by atoms with van der Waals surface area (Å²) in [5.74, 6) is 1.92. The van der Waals surface area contributed by atoms with E-state index in [1.165, 1.54) is 0 Å². The number of alkyl halides is 1. The van der Waals surface area contributed by atoms with Gasteiger partial charge in [-0.2, -0.15) is 0 Å². The molecule has 0 saturated heterocycles. The molecule has 21 heavy (non-hydrogen) atoms. The van der Waals surface area contributed by atoms with Crippen LogP contribution in [-0.4, -0.2) is 21.3 Å². The molecule has 0 amide bonds. The molecule has 0 bridgehead atoms. The molecule has 1 heterocycles. The molecule has 0 aliphatic heterocycles. The van der Waals surface area contributed by atoms with E-state index in [1.807, 2.05) is 6.07 Å². The molecule has 1 unspecified atom stereocenters. The standard InChI is InChI=1S/C14H13Br2ClO3S/c1-18-7-4-9(19-2)12(10(5-7)20-3)13(17)11-6-8(15)14(16)21-11/h4-6,13H,1-3H3. The number of rotatable bonds is 5. The number of hydrogen-bond acceptors (Lipinski definition) is 4. The van der Waals surface area contributed by atoms with Gasteiger partial charge in [-0.05, 0) is 37.9 Å². The van der Waals surface area contributed by atoms with E-state index in [2.05, 4.69) is 31.9 Å². The summed E-state index contributed by atoms with van der Waals surface area (Å²) in [6.07, 6.45) is 0. The monoisotopic (exact) mass is 454 g/mol. The van der Waals surface area contributed by atoms with Gasteiger partial charge in [0.25, 0.3) is 0 Å². The van der Waals surface area contributed by atoms with Crippen molar-refractivity contribution >= 4 is 54.8 Å². The lowest BCUT2D eigenvalue weighted by Gasteiger charge is -2.18. The van der Waals surface area contributed by atoms with Crippen LogP contribution >= 0.6 is 54.8 Å². The summed E-state index contributed by atoms with van der Waals surface area (Å²) >= 11 is 15.2. The predicted molar refractivity (Wildman–Crippen MR) is 93.5 cm³/mol. The van der Waals surface area contributed by atoms with Crippen molar-refractivity contribution in [3.63, 3.8) is 0 Å². The van der Waals surface area contributed by atoms with Crippen LogP contribution in [0, 0.1) is 0 Å². The van der Waals surface area contributed by atoms with Gasteiger partial charge in [0.15, 0.2) is 0 Å². The molecular weight excluding hydrogens is 443 g/mol. The fourth-order valence-corrected chi connectivity index (χ4v) is 4.40. The molecule has 0 N–H and O–H groups in total. The fourth-order valence-electron chi connectivity index (χ4n) is 1.91. The minimum atomic E-state index is -0.381. The van der Waals surface area contributed by atoms with Crippen molar-refractivity contribution in [2.75, 3.05) is 21.3 Å². The highest BCUT2D eigenvalue weighted by atomic mass is 79.9. The second-order valence-electron chi connectivity index (χ2n) is 4.08. The summed E-state index contributed by atoms with van der Waals surface area (Å²) in [5.41, 5.74) is 0.781. The average Bonchev–Trinajstić information content (AvgIpc) is 2.84. The molecule has 0 fully saturated rings. The first-order valence-electron chi connectivity index (χ1n) is 5.90. The first kappa shape index (κ1) is 16.9. The number of halogens is 3. The van der Waals surface area contributed by atoms with Crippen molar-refractivity contribution in [2.24, 2.45) is 0 Å². The van der Waals surface area contributed by atoms with Gasteiger partial charge in [-0.1, -0.05) is 0 Å². The summed E-state index contributed by atoms with van der Waals surface area (Å²) in [4.78, 5) is 0.984. The topological polar surface area (TPSA) is 27.7 Å². The fraction of sp³-hybridized carbons (Fsp3) is 0.286. The Balaban J connectivity index is 2.55. The lowest BCUT2D eigenvalue weighted by molar-refractivity contribution is 0.369. The molecule has 2 rings (SSSR count). The van der Waals surface area contributed by atoms with Crippen LogP contribution < -0.4 is 14.2 Å². The molecule has 3 nitrogen and oxygen atoms in total. The van der Waals surface area contributed by atoms with Crippen molar-refractivity contribution in [1.82, 2.24) is 0 Å². The first-order chi connectivity index (χ1) is 10.0. The summed E-state index contributed by atoms with van der Waals surface area (Å²) in [5, 5.41) is -0.381. The Morgan fingerprint density at radius 2 is 1.57 bits per heavy atom. The molecule has 1 aromatic heterocycles. The number of methoxy groups -OCH3 is 3. The normalized spacial score (nSPS) is 12.1. The van der Waals surface area contributed by atoms with Crippen molar-refractivity contribution < 1.29 is 14.2 Å². The largest absolute Gasteiger partial charge is 0.496 e. The molecular formula is C14H13Br2ClO3S. The Morgan fingerprint density at radius 3 is 1.95 bits per heavy atom. The van der Waals surface area contributed by atoms with Crippen LogP contribution in [0.2, 0.25) is 0 Å². The van der Waals surface area contributed by atoms with E-state index in [1.54, 1.807) is 44.8 Å². The molecule has 0 aliphatic carbocycles. The second kappa shape index (κ2) is 7.22. The number of ether oxygens (including phenoxy) is 3. The van der Waals surface area contributed by atoms with Crippen LogP contribution in [0.3, 0.4) is 0 Å². The maximum absolute atomic E-state index is 6.65. The zero-order chi connectivity index (χ0) is 15.6. The van der Waals surface area contributed by atoms with Crippen LogP contribution in [0.1, 0.15) is 15.8 Å². The Kier molecular flexibility index (Phi) is 5.82. The molecule has 0 aliphatic rings. The molecule has 0 saturated carbocycles. The van der Waals surface area contributed by atoms with Gasteiger partial charge in [0.05, 0.1) is 30.7 Å². The lowest BCUT2D eigenvalue weighted by atomic mass is 10.1. The molecule has 0 spiro atoms. The molecule has 114 valence electrons. The van der Waals surface area contributed by atoms with Crippen molar-refractivity contribution in [3.05, 3.63) is 36.9 Å². The van der Waals surface area contributed by atoms with Gasteiger partial charge >= 0.3 is 0 Å². The summed E-state index contributed by atoms with van der Waals surface area (Å²) in [7, 11) is 4.79. The lowest BCUT2D eigenvalue weighted by Crippen LogP contribution is -2.01. The number of hydrogen-bond donors (Lipinski definition) is 0. The van der Waals surface area contributed by atoms with Gasteiger partial charge in [0.1, 0.15) is 22.6 Å². The summed E-state index contributed by atoms with van der Waals surface area (Å²) in [6.45, 7) is 0. The number of thiophene rings is 1. The minimum Gasteiger partial charge on any atom is -0.496 e. The van der Waals surface area contributed by atoms with E-state index in [-0.39, 0.29) is 5.38 Å². The molecule has 2 aromatic rings. The highest BCUT2D eigenvalue weighted by Gasteiger charge is 2.24. The Hall–Kier alpha value is -0.430. The predicted octanol–water partition coefficient (Wildman–Crippen LogP) is 5.63. The van der Waals surface area contributed by atoms with Crippen molar-refractivity contribution in [3.8, 4) is 17.2 Å².